The third-order valence-electron chi connectivity index (χ3n) is 5.78. The Morgan fingerprint density at radius 3 is 2.50 bits per heavy atom. The highest BCUT2D eigenvalue weighted by molar-refractivity contribution is 6.07. The number of carbonyl (C=O) groups excluding carboxylic acids is 3. The first-order valence-electron chi connectivity index (χ1n) is 10.8. The van der Waals surface area contributed by atoms with Gasteiger partial charge in [-0.05, 0) is 68.7 Å². The molecule has 32 heavy (non-hydrogen) atoms. The largest absolute Gasteiger partial charge is 0.497 e. The number of likely N-dealkylation sites (tertiary alicyclic amines) is 1. The van der Waals surface area contributed by atoms with Crippen molar-refractivity contribution in [3.8, 4) is 11.5 Å². The maximum atomic E-state index is 12.9. The first-order valence-corrected chi connectivity index (χ1v) is 10.8. The van der Waals surface area contributed by atoms with E-state index in [4.69, 9.17) is 9.47 Å². The molecule has 2 aliphatic heterocycles. The summed E-state index contributed by atoms with van der Waals surface area (Å²) in [6, 6.07) is 11.9. The van der Waals surface area contributed by atoms with Crippen LogP contribution in [-0.4, -0.2) is 55.5 Å². The van der Waals surface area contributed by atoms with Gasteiger partial charge in [0.05, 0.1) is 12.8 Å². The van der Waals surface area contributed by atoms with Crippen LogP contribution in [0.15, 0.2) is 42.5 Å². The average molecular weight is 437 g/mol. The number of hydrogen-bond acceptors (Lipinski definition) is 5. The van der Waals surface area contributed by atoms with Crippen molar-refractivity contribution < 1.29 is 23.9 Å². The van der Waals surface area contributed by atoms with Crippen LogP contribution in [0.25, 0.3) is 0 Å². The van der Waals surface area contributed by atoms with Crippen LogP contribution in [0.3, 0.4) is 0 Å². The summed E-state index contributed by atoms with van der Waals surface area (Å²) in [6.07, 6.45) is 2.41. The van der Waals surface area contributed by atoms with E-state index >= 15 is 0 Å². The van der Waals surface area contributed by atoms with Crippen LogP contribution in [0.4, 0.5) is 11.4 Å². The van der Waals surface area contributed by atoms with Gasteiger partial charge in [0, 0.05) is 24.3 Å². The first kappa shape index (κ1) is 21.7. The lowest BCUT2D eigenvalue weighted by Gasteiger charge is -2.35. The van der Waals surface area contributed by atoms with Gasteiger partial charge in [-0.1, -0.05) is 0 Å². The van der Waals surface area contributed by atoms with Crippen LogP contribution in [0.2, 0.25) is 0 Å². The Bertz CT molecular complexity index is 1010. The topological polar surface area (TPSA) is 88.2 Å². The van der Waals surface area contributed by atoms with Crippen LogP contribution in [-0.2, 0) is 9.59 Å². The summed E-state index contributed by atoms with van der Waals surface area (Å²) < 4.78 is 10.9. The molecule has 0 spiro atoms. The summed E-state index contributed by atoms with van der Waals surface area (Å²) in [5, 5.41) is 2.84. The molecule has 0 radical (unpaired) electrons. The number of benzene rings is 2. The lowest BCUT2D eigenvalue weighted by atomic mass is 10.1. The van der Waals surface area contributed by atoms with Gasteiger partial charge in [-0.2, -0.15) is 0 Å². The molecule has 2 aromatic carbocycles. The van der Waals surface area contributed by atoms with Gasteiger partial charge in [0.1, 0.15) is 18.0 Å². The highest BCUT2D eigenvalue weighted by Crippen LogP contribution is 2.36. The molecule has 2 heterocycles. The third kappa shape index (κ3) is 4.54. The average Bonchev–Trinajstić information content (AvgIpc) is 2.82. The predicted octanol–water partition coefficient (Wildman–Crippen LogP) is 3.07. The number of methoxy groups -OCH3 is 1. The maximum absolute atomic E-state index is 12.9. The number of nitrogens with zero attached hydrogens (tertiary/aromatic N) is 2. The van der Waals surface area contributed by atoms with Gasteiger partial charge in [0.15, 0.2) is 6.10 Å². The first-order chi connectivity index (χ1) is 15.5. The third-order valence-corrected chi connectivity index (χ3v) is 5.78. The highest BCUT2D eigenvalue weighted by Gasteiger charge is 2.34. The molecule has 0 aliphatic carbocycles. The van der Waals surface area contributed by atoms with Gasteiger partial charge >= 0.3 is 0 Å². The lowest BCUT2D eigenvalue weighted by molar-refractivity contribution is -0.133. The van der Waals surface area contributed by atoms with Crippen molar-refractivity contribution in [2.45, 2.75) is 32.3 Å². The zero-order chi connectivity index (χ0) is 22.7. The maximum Gasteiger partial charge on any atom is 0.268 e. The Morgan fingerprint density at radius 2 is 1.81 bits per heavy atom. The van der Waals surface area contributed by atoms with E-state index in [-0.39, 0.29) is 24.3 Å². The van der Waals surface area contributed by atoms with Crippen LogP contribution < -0.4 is 19.7 Å². The summed E-state index contributed by atoms with van der Waals surface area (Å²) in [5.74, 6) is 0.521. The quantitative estimate of drug-likeness (QED) is 0.777. The Kier molecular flexibility index (Phi) is 6.30. The van der Waals surface area contributed by atoms with Gasteiger partial charge in [0.25, 0.3) is 11.8 Å². The van der Waals surface area contributed by atoms with Gasteiger partial charge in [-0.3, -0.25) is 19.3 Å². The van der Waals surface area contributed by atoms with E-state index in [1.807, 2.05) is 4.90 Å². The SMILES string of the molecule is COc1ccc(C(=O)Nc2ccc3c(c2)N(CC(=O)N2CCCCC2)C(=O)C(C)O3)cc1. The summed E-state index contributed by atoms with van der Waals surface area (Å²) in [7, 11) is 1.56. The number of hydrogen-bond donors (Lipinski definition) is 1. The van der Waals surface area contributed by atoms with E-state index < -0.39 is 6.10 Å². The molecular formula is C24H27N3O5. The van der Waals surface area contributed by atoms with E-state index in [2.05, 4.69) is 5.32 Å². The number of carbonyl (C=O) groups is 3. The van der Waals surface area contributed by atoms with Crippen molar-refractivity contribution in [3.05, 3.63) is 48.0 Å². The van der Waals surface area contributed by atoms with Crippen molar-refractivity contribution in [2.24, 2.45) is 0 Å². The van der Waals surface area contributed by atoms with E-state index in [0.29, 0.717) is 28.4 Å². The minimum absolute atomic E-state index is 0.0462. The Hall–Kier alpha value is -3.55. The summed E-state index contributed by atoms with van der Waals surface area (Å²) in [5.41, 5.74) is 1.46. The molecule has 0 aromatic heterocycles. The fourth-order valence-corrected chi connectivity index (χ4v) is 3.97. The molecule has 0 saturated carbocycles. The van der Waals surface area contributed by atoms with Gasteiger partial charge in [-0.15, -0.1) is 0 Å². The molecule has 8 heteroatoms. The van der Waals surface area contributed by atoms with Crippen molar-refractivity contribution in [3.63, 3.8) is 0 Å². The standard InChI is InChI=1S/C24H27N3O5/c1-16-24(30)27(15-22(28)26-12-4-3-5-13-26)20-14-18(8-11-21(20)32-16)25-23(29)17-6-9-19(31-2)10-7-17/h6-11,14,16H,3-5,12-13,15H2,1-2H3,(H,25,29). The highest BCUT2D eigenvalue weighted by atomic mass is 16.5. The van der Waals surface area contributed by atoms with Crippen LogP contribution in [0.5, 0.6) is 11.5 Å². The number of fused-ring (bicyclic) bond motifs is 1. The normalized spacial score (nSPS) is 17.9. The molecule has 0 bridgehead atoms. The molecule has 1 atom stereocenters. The van der Waals surface area contributed by atoms with Crippen LogP contribution in [0.1, 0.15) is 36.5 Å². The lowest BCUT2D eigenvalue weighted by Crippen LogP contribution is -2.50. The molecule has 168 valence electrons. The molecule has 2 aliphatic rings. The van der Waals surface area contributed by atoms with Crippen LogP contribution in [0, 0.1) is 0 Å². The second-order valence-corrected chi connectivity index (χ2v) is 7.99. The zero-order valence-corrected chi connectivity index (χ0v) is 18.3. The molecule has 8 nitrogen and oxygen atoms in total. The summed E-state index contributed by atoms with van der Waals surface area (Å²) in [6.45, 7) is 3.06. The van der Waals surface area contributed by atoms with E-state index in [1.165, 1.54) is 4.90 Å². The molecule has 1 fully saturated rings. The molecule has 1 saturated heterocycles. The molecule has 1 unspecified atom stereocenters. The molecular weight excluding hydrogens is 410 g/mol. The number of ether oxygens (including phenoxy) is 2. The number of anilines is 2. The van der Waals surface area contributed by atoms with Crippen molar-refractivity contribution in [1.82, 2.24) is 4.90 Å². The fraction of sp³-hybridized carbons (Fsp3) is 0.375. The van der Waals surface area contributed by atoms with Gasteiger partial charge in [0.2, 0.25) is 5.91 Å². The predicted molar refractivity (Wildman–Crippen MR) is 120 cm³/mol. The van der Waals surface area contributed by atoms with Crippen LogP contribution >= 0.6 is 0 Å². The molecule has 2 aromatic rings. The Balaban J connectivity index is 1.54. The van der Waals surface area contributed by atoms with Crippen molar-refractivity contribution >= 4 is 29.1 Å². The fourth-order valence-electron chi connectivity index (χ4n) is 3.97. The zero-order valence-electron chi connectivity index (χ0n) is 18.3. The van der Waals surface area contributed by atoms with E-state index in [9.17, 15) is 14.4 Å². The molecule has 1 N–H and O–H groups in total. The molecule has 3 amide bonds. The number of nitrogens with one attached hydrogen (secondary N) is 1. The van der Waals surface area contributed by atoms with E-state index in [0.717, 1.165) is 32.4 Å². The Morgan fingerprint density at radius 1 is 1.09 bits per heavy atom. The monoisotopic (exact) mass is 437 g/mol. The summed E-state index contributed by atoms with van der Waals surface area (Å²) >= 11 is 0. The van der Waals surface area contributed by atoms with Gasteiger partial charge in [-0.25, -0.2) is 0 Å². The van der Waals surface area contributed by atoms with Gasteiger partial charge < -0.3 is 19.7 Å². The summed E-state index contributed by atoms with van der Waals surface area (Å²) in [4.78, 5) is 41.6. The van der Waals surface area contributed by atoms with Crippen molar-refractivity contribution in [2.75, 3.05) is 37.0 Å². The number of amides is 3. The number of rotatable bonds is 5. The Labute approximate surface area is 187 Å². The second-order valence-electron chi connectivity index (χ2n) is 7.99. The van der Waals surface area contributed by atoms with Crippen molar-refractivity contribution in [1.29, 1.82) is 0 Å². The smallest absolute Gasteiger partial charge is 0.268 e. The van der Waals surface area contributed by atoms with E-state index in [1.54, 1.807) is 56.5 Å². The molecule has 4 rings (SSSR count). The minimum atomic E-state index is -0.684. The second kappa shape index (κ2) is 9.30. The minimum Gasteiger partial charge on any atom is -0.497 e. The number of piperidine rings is 1.